The molecule has 29 heavy (non-hydrogen) atoms. The second-order valence-electron chi connectivity index (χ2n) is 7.01. The lowest BCUT2D eigenvalue weighted by Gasteiger charge is -2.21. The number of carbonyl (C=O) groups excluding carboxylic acids is 1. The number of amides is 1. The van der Waals surface area contributed by atoms with E-state index in [1.54, 1.807) is 11.6 Å². The first-order valence-corrected chi connectivity index (χ1v) is 11.5. The molecule has 0 bridgehead atoms. The lowest BCUT2D eigenvalue weighted by atomic mass is 10.0. The molecule has 0 saturated carbocycles. The van der Waals surface area contributed by atoms with Crippen molar-refractivity contribution >= 4 is 29.3 Å². The molecule has 1 aromatic heterocycles. The van der Waals surface area contributed by atoms with Crippen LogP contribution in [0.5, 0.6) is 0 Å². The van der Waals surface area contributed by atoms with Gasteiger partial charge in [-0.3, -0.25) is 14.2 Å². The normalized spacial score (nSPS) is 10.9. The van der Waals surface area contributed by atoms with Gasteiger partial charge in [0.25, 0.3) is 5.56 Å². The summed E-state index contributed by atoms with van der Waals surface area (Å²) in [5, 5.41) is 1.24. The van der Waals surface area contributed by atoms with Gasteiger partial charge in [0.15, 0.2) is 5.16 Å². The first-order valence-electron chi connectivity index (χ1n) is 10.1. The van der Waals surface area contributed by atoms with E-state index in [1.165, 1.54) is 11.8 Å². The van der Waals surface area contributed by atoms with Gasteiger partial charge in [-0.05, 0) is 37.0 Å². The van der Waals surface area contributed by atoms with Crippen LogP contribution in [-0.2, 0) is 24.7 Å². The standard InChI is InChI=1S/C22H30ClN3O2S/c1-5-11-26(12-6-2)20(27)15-29-22-24-19(7-3)18(21(28)25(22)4)14-16-9-8-10-17(23)13-16/h8-10,13H,5-7,11-12,14-15H2,1-4H3. The quantitative estimate of drug-likeness (QED) is 0.411. The van der Waals surface area contributed by atoms with Crippen molar-refractivity contribution in [2.45, 2.75) is 51.6 Å². The van der Waals surface area contributed by atoms with Crippen molar-refractivity contribution < 1.29 is 4.79 Å². The van der Waals surface area contributed by atoms with Crippen molar-refractivity contribution in [3.8, 4) is 0 Å². The maximum Gasteiger partial charge on any atom is 0.257 e. The van der Waals surface area contributed by atoms with Crippen LogP contribution in [0.3, 0.4) is 0 Å². The predicted octanol–water partition coefficient (Wildman–Crippen LogP) is 4.33. The third-order valence-electron chi connectivity index (χ3n) is 4.70. The van der Waals surface area contributed by atoms with Gasteiger partial charge in [-0.15, -0.1) is 0 Å². The second kappa shape index (κ2) is 11.4. The second-order valence-corrected chi connectivity index (χ2v) is 8.39. The maximum absolute atomic E-state index is 13.0. The minimum atomic E-state index is -0.0641. The molecule has 1 heterocycles. The van der Waals surface area contributed by atoms with Crippen LogP contribution in [0.2, 0.25) is 5.02 Å². The summed E-state index contributed by atoms with van der Waals surface area (Å²) in [5.74, 6) is 0.380. The number of carbonyl (C=O) groups is 1. The van der Waals surface area contributed by atoms with Gasteiger partial charge in [0.05, 0.1) is 11.4 Å². The number of hydrogen-bond acceptors (Lipinski definition) is 4. The monoisotopic (exact) mass is 435 g/mol. The lowest BCUT2D eigenvalue weighted by Crippen LogP contribution is -2.34. The Hall–Kier alpha value is -1.79. The first-order chi connectivity index (χ1) is 13.9. The van der Waals surface area contributed by atoms with Gasteiger partial charge in [-0.1, -0.05) is 56.3 Å². The average molecular weight is 436 g/mol. The number of halogens is 1. The van der Waals surface area contributed by atoms with Crippen molar-refractivity contribution in [2.24, 2.45) is 7.05 Å². The van der Waals surface area contributed by atoms with Gasteiger partial charge in [0.1, 0.15) is 0 Å². The highest BCUT2D eigenvalue weighted by atomic mass is 35.5. The van der Waals surface area contributed by atoms with Gasteiger partial charge >= 0.3 is 0 Å². The highest BCUT2D eigenvalue weighted by Crippen LogP contribution is 2.19. The summed E-state index contributed by atoms with van der Waals surface area (Å²) >= 11 is 7.42. The van der Waals surface area contributed by atoms with Crippen LogP contribution in [0.15, 0.2) is 34.2 Å². The van der Waals surface area contributed by atoms with E-state index < -0.39 is 0 Å². The molecule has 0 fully saturated rings. The van der Waals surface area contributed by atoms with E-state index in [2.05, 4.69) is 13.8 Å². The van der Waals surface area contributed by atoms with Crippen LogP contribution in [0.4, 0.5) is 0 Å². The fourth-order valence-electron chi connectivity index (χ4n) is 3.24. The van der Waals surface area contributed by atoms with Crippen molar-refractivity contribution in [3.05, 3.63) is 56.5 Å². The Morgan fingerprint density at radius 3 is 2.48 bits per heavy atom. The molecule has 0 aliphatic heterocycles. The Morgan fingerprint density at radius 2 is 1.90 bits per heavy atom. The molecule has 7 heteroatoms. The molecule has 2 rings (SSSR count). The molecule has 0 atom stereocenters. The molecule has 0 N–H and O–H groups in total. The van der Waals surface area contributed by atoms with Crippen LogP contribution in [0.25, 0.3) is 0 Å². The van der Waals surface area contributed by atoms with E-state index in [0.29, 0.717) is 28.6 Å². The van der Waals surface area contributed by atoms with E-state index in [4.69, 9.17) is 16.6 Å². The highest BCUT2D eigenvalue weighted by molar-refractivity contribution is 7.99. The largest absolute Gasteiger partial charge is 0.342 e. The summed E-state index contributed by atoms with van der Waals surface area (Å²) in [6.07, 6.45) is 3.02. The zero-order chi connectivity index (χ0) is 21.4. The SMILES string of the molecule is CCCN(CCC)C(=O)CSc1nc(CC)c(Cc2cccc(Cl)c2)c(=O)n1C. The van der Waals surface area contributed by atoms with E-state index in [-0.39, 0.29) is 17.2 Å². The highest BCUT2D eigenvalue weighted by Gasteiger charge is 2.17. The molecule has 0 spiro atoms. The van der Waals surface area contributed by atoms with Crippen LogP contribution in [0, 0.1) is 0 Å². The molecular weight excluding hydrogens is 406 g/mol. The molecule has 0 saturated heterocycles. The zero-order valence-corrected chi connectivity index (χ0v) is 19.3. The lowest BCUT2D eigenvalue weighted by molar-refractivity contribution is -0.128. The van der Waals surface area contributed by atoms with Gasteiger partial charge < -0.3 is 4.90 Å². The maximum atomic E-state index is 13.0. The Kier molecular flexibility index (Phi) is 9.24. The molecule has 0 unspecified atom stereocenters. The van der Waals surface area contributed by atoms with Crippen molar-refractivity contribution in [1.82, 2.24) is 14.5 Å². The van der Waals surface area contributed by atoms with E-state index >= 15 is 0 Å². The number of nitrogens with zero attached hydrogens (tertiary/aromatic N) is 3. The fourth-order valence-corrected chi connectivity index (χ4v) is 4.34. The van der Waals surface area contributed by atoms with Gasteiger partial charge in [-0.25, -0.2) is 4.98 Å². The summed E-state index contributed by atoms with van der Waals surface area (Å²) in [5.41, 5.74) is 2.38. The number of benzene rings is 1. The molecular formula is C22H30ClN3O2S. The summed E-state index contributed by atoms with van der Waals surface area (Å²) in [4.78, 5) is 32.2. The number of aromatic nitrogens is 2. The topological polar surface area (TPSA) is 55.2 Å². The van der Waals surface area contributed by atoms with Crippen LogP contribution < -0.4 is 5.56 Å². The number of rotatable bonds is 10. The van der Waals surface area contributed by atoms with Crippen molar-refractivity contribution in [2.75, 3.05) is 18.8 Å². The third-order valence-corrected chi connectivity index (χ3v) is 5.95. The molecule has 158 valence electrons. The smallest absolute Gasteiger partial charge is 0.257 e. The number of thioether (sulfide) groups is 1. The molecule has 0 aliphatic rings. The van der Waals surface area contributed by atoms with Gasteiger partial charge in [0, 0.05) is 37.1 Å². The predicted molar refractivity (Wildman–Crippen MR) is 121 cm³/mol. The Bertz CT molecular complexity index is 892. The summed E-state index contributed by atoms with van der Waals surface area (Å²) in [7, 11) is 1.72. The van der Waals surface area contributed by atoms with Crippen LogP contribution >= 0.6 is 23.4 Å². The molecule has 1 aromatic carbocycles. The molecule has 0 radical (unpaired) electrons. The molecule has 0 aliphatic carbocycles. The number of hydrogen-bond donors (Lipinski definition) is 0. The Balaban J connectivity index is 2.23. The Morgan fingerprint density at radius 1 is 1.21 bits per heavy atom. The third kappa shape index (κ3) is 6.34. The van der Waals surface area contributed by atoms with E-state index in [1.807, 2.05) is 36.1 Å². The number of aryl methyl sites for hydroxylation is 1. The van der Waals surface area contributed by atoms with E-state index in [9.17, 15) is 9.59 Å². The van der Waals surface area contributed by atoms with Crippen molar-refractivity contribution in [3.63, 3.8) is 0 Å². The van der Waals surface area contributed by atoms with Crippen LogP contribution in [-0.4, -0.2) is 39.2 Å². The zero-order valence-electron chi connectivity index (χ0n) is 17.7. The molecule has 5 nitrogen and oxygen atoms in total. The summed E-state index contributed by atoms with van der Waals surface area (Å²) in [6.45, 7) is 7.66. The van der Waals surface area contributed by atoms with Crippen LogP contribution in [0.1, 0.15) is 50.4 Å². The minimum absolute atomic E-state index is 0.0641. The fraction of sp³-hybridized carbons (Fsp3) is 0.500. The first kappa shape index (κ1) is 23.5. The molecule has 2 aromatic rings. The average Bonchev–Trinajstić information content (AvgIpc) is 2.70. The van der Waals surface area contributed by atoms with Gasteiger partial charge in [-0.2, -0.15) is 0 Å². The molecule has 1 amide bonds. The minimum Gasteiger partial charge on any atom is -0.342 e. The summed E-state index contributed by atoms with van der Waals surface area (Å²) < 4.78 is 1.56. The van der Waals surface area contributed by atoms with Gasteiger partial charge in [0.2, 0.25) is 5.91 Å². The van der Waals surface area contributed by atoms with E-state index in [0.717, 1.165) is 37.2 Å². The Labute approximate surface area is 182 Å². The summed E-state index contributed by atoms with van der Waals surface area (Å²) in [6, 6.07) is 7.54. The van der Waals surface area contributed by atoms with Crippen molar-refractivity contribution in [1.29, 1.82) is 0 Å².